The maximum absolute atomic E-state index is 4.33. The van der Waals surface area contributed by atoms with E-state index in [0.29, 0.717) is 6.04 Å². The molecule has 0 saturated carbocycles. The molecule has 1 saturated heterocycles. The van der Waals surface area contributed by atoms with Crippen molar-refractivity contribution in [2.45, 2.75) is 32.4 Å². The molecule has 122 valence electrons. The van der Waals surface area contributed by atoms with Gasteiger partial charge in [-0.2, -0.15) is 0 Å². The van der Waals surface area contributed by atoms with E-state index in [2.05, 4.69) is 62.8 Å². The number of hydrogen-bond donors (Lipinski definition) is 2. The van der Waals surface area contributed by atoms with Crippen LogP contribution < -0.4 is 10.6 Å². The van der Waals surface area contributed by atoms with Gasteiger partial charge in [-0.1, -0.05) is 30.3 Å². The second kappa shape index (κ2) is 7.92. The molecule has 2 aromatic rings. The molecule has 1 aliphatic rings. The van der Waals surface area contributed by atoms with E-state index in [0.717, 1.165) is 50.7 Å². The second-order valence-electron chi connectivity index (χ2n) is 6.00. The van der Waals surface area contributed by atoms with Crippen LogP contribution in [0.3, 0.4) is 0 Å². The smallest absolute Gasteiger partial charge is 0.131 e. The maximum atomic E-state index is 4.33. The summed E-state index contributed by atoms with van der Waals surface area (Å²) in [5.41, 5.74) is 1.39. The van der Waals surface area contributed by atoms with Crippen molar-refractivity contribution in [2.24, 2.45) is 0 Å². The van der Waals surface area contributed by atoms with E-state index in [-0.39, 0.29) is 0 Å². The Bertz CT molecular complexity index is 593. The first kappa shape index (κ1) is 15.7. The molecule has 5 nitrogen and oxygen atoms in total. The van der Waals surface area contributed by atoms with Gasteiger partial charge in [0.1, 0.15) is 18.0 Å². The van der Waals surface area contributed by atoms with Crippen LogP contribution >= 0.6 is 0 Å². The third kappa shape index (κ3) is 4.66. The summed E-state index contributed by atoms with van der Waals surface area (Å²) in [6.45, 7) is 6.23. The van der Waals surface area contributed by atoms with Crippen molar-refractivity contribution in [1.29, 1.82) is 0 Å². The first-order chi connectivity index (χ1) is 11.3. The summed E-state index contributed by atoms with van der Waals surface area (Å²) < 4.78 is 0. The van der Waals surface area contributed by atoms with Gasteiger partial charge in [-0.25, -0.2) is 9.97 Å². The topological polar surface area (TPSA) is 53.1 Å². The van der Waals surface area contributed by atoms with Crippen LogP contribution in [0.15, 0.2) is 42.7 Å². The number of likely N-dealkylation sites (tertiary alicyclic amines) is 1. The standard InChI is InChI=1S/C18H25N5/c1-2-19-17-12-18(21-14-20-17)22-16-8-10-23(11-9-16)13-15-6-4-3-5-7-15/h3-7,12,14,16H,2,8-11,13H2,1H3,(H2,19,20,21,22). The molecule has 2 heterocycles. The predicted octanol–water partition coefficient (Wildman–Crippen LogP) is 2.98. The van der Waals surface area contributed by atoms with Gasteiger partial charge in [0.05, 0.1) is 0 Å². The van der Waals surface area contributed by atoms with Gasteiger partial charge in [0.2, 0.25) is 0 Å². The normalized spacial score (nSPS) is 16.2. The van der Waals surface area contributed by atoms with E-state index in [4.69, 9.17) is 0 Å². The molecule has 23 heavy (non-hydrogen) atoms. The van der Waals surface area contributed by atoms with Crippen LogP contribution in [-0.2, 0) is 6.54 Å². The summed E-state index contributed by atoms with van der Waals surface area (Å²) >= 11 is 0. The summed E-state index contributed by atoms with van der Waals surface area (Å²) in [6.07, 6.45) is 3.91. The number of aromatic nitrogens is 2. The lowest BCUT2D eigenvalue weighted by molar-refractivity contribution is 0.211. The molecule has 0 atom stereocenters. The average Bonchev–Trinajstić information content (AvgIpc) is 2.58. The Morgan fingerprint density at radius 3 is 2.57 bits per heavy atom. The fourth-order valence-corrected chi connectivity index (χ4v) is 3.00. The zero-order valence-electron chi connectivity index (χ0n) is 13.7. The van der Waals surface area contributed by atoms with Crippen molar-refractivity contribution in [2.75, 3.05) is 30.3 Å². The lowest BCUT2D eigenvalue weighted by Crippen LogP contribution is -2.38. The van der Waals surface area contributed by atoms with Crippen LogP contribution in [0, 0.1) is 0 Å². The first-order valence-corrected chi connectivity index (χ1v) is 8.42. The monoisotopic (exact) mass is 311 g/mol. The Labute approximate surface area is 138 Å². The quantitative estimate of drug-likeness (QED) is 0.859. The fraction of sp³-hybridized carbons (Fsp3) is 0.444. The van der Waals surface area contributed by atoms with Crippen LogP contribution in [0.2, 0.25) is 0 Å². The molecule has 1 aliphatic heterocycles. The number of hydrogen-bond acceptors (Lipinski definition) is 5. The van der Waals surface area contributed by atoms with E-state index in [1.807, 2.05) is 6.07 Å². The number of benzene rings is 1. The Morgan fingerprint density at radius 1 is 1.09 bits per heavy atom. The lowest BCUT2D eigenvalue weighted by Gasteiger charge is -2.32. The van der Waals surface area contributed by atoms with Crippen molar-refractivity contribution in [3.05, 3.63) is 48.3 Å². The first-order valence-electron chi connectivity index (χ1n) is 8.42. The van der Waals surface area contributed by atoms with Crippen LogP contribution in [0.5, 0.6) is 0 Å². The molecule has 0 bridgehead atoms. The molecule has 0 unspecified atom stereocenters. The van der Waals surface area contributed by atoms with Crippen molar-refractivity contribution >= 4 is 11.6 Å². The van der Waals surface area contributed by atoms with Crippen LogP contribution in [0.4, 0.5) is 11.6 Å². The predicted molar refractivity (Wildman–Crippen MR) is 94.6 cm³/mol. The van der Waals surface area contributed by atoms with Gasteiger partial charge >= 0.3 is 0 Å². The highest BCUT2D eigenvalue weighted by Gasteiger charge is 2.19. The Kier molecular flexibility index (Phi) is 5.42. The van der Waals surface area contributed by atoms with E-state index in [1.54, 1.807) is 6.33 Å². The maximum Gasteiger partial charge on any atom is 0.131 e. The Hall–Kier alpha value is -2.14. The summed E-state index contributed by atoms with van der Waals surface area (Å²) in [5, 5.41) is 6.77. The Morgan fingerprint density at radius 2 is 1.83 bits per heavy atom. The van der Waals surface area contributed by atoms with Crippen LogP contribution in [0.1, 0.15) is 25.3 Å². The molecule has 3 rings (SSSR count). The van der Waals surface area contributed by atoms with Crippen molar-refractivity contribution < 1.29 is 0 Å². The molecular weight excluding hydrogens is 286 g/mol. The zero-order valence-corrected chi connectivity index (χ0v) is 13.7. The number of piperidine rings is 1. The molecule has 1 fully saturated rings. The number of anilines is 2. The van der Waals surface area contributed by atoms with Gasteiger partial charge in [-0.05, 0) is 25.3 Å². The van der Waals surface area contributed by atoms with Gasteiger partial charge < -0.3 is 10.6 Å². The summed E-state index contributed by atoms with van der Waals surface area (Å²) in [5.74, 6) is 1.80. The minimum absolute atomic E-state index is 0.492. The number of nitrogens with zero attached hydrogens (tertiary/aromatic N) is 3. The Balaban J connectivity index is 1.48. The molecule has 0 radical (unpaired) electrons. The van der Waals surface area contributed by atoms with E-state index in [1.165, 1.54) is 5.56 Å². The summed E-state index contributed by atoms with van der Waals surface area (Å²) in [7, 11) is 0. The highest BCUT2D eigenvalue weighted by atomic mass is 15.2. The SMILES string of the molecule is CCNc1cc(NC2CCN(Cc3ccccc3)CC2)ncn1. The molecule has 5 heteroatoms. The van der Waals surface area contributed by atoms with Gasteiger partial charge in [-0.15, -0.1) is 0 Å². The molecule has 0 spiro atoms. The van der Waals surface area contributed by atoms with E-state index >= 15 is 0 Å². The number of nitrogens with one attached hydrogen (secondary N) is 2. The third-order valence-electron chi connectivity index (χ3n) is 4.21. The minimum atomic E-state index is 0.492. The molecule has 2 N–H and O–H groups in total. The van der Waals surface area contributed by atoms with E-state index < -0.39 is 0 Å². The minimum Gasteiger partial charge on any atom is -0.370 e. The third-order valence-corrected chi connectivity index (χ3v) is 4.21. The van der Waals surface area contributed by atoms with Crippen molar-refractivity contribution in [3.63, 3.8) is 0 Å². The zero-order chi connectivity index (χ0) is 15.9. The largest absolute Gasteiger partial charge is 0.370 e. The van der Waals surface area contributed by atoms with Gasteiger partial charge in [0.25, 0.3) is 0 Å². The summed E-state index contributed by atoms with van der Waals surface area (Å²) in [4.78, 5) is 11.1. The lowest BCUT2D eigenvalue weighted by atomic mass is 10.0. The van der Waals surface area contributed by atoms with E-state index in [9.17, 15) is 0 Å². The van der Waals surface area contributed by atoms with Crippen molar-refractivity contribution in [1.82, 2.24) is 14.9 Å². The van der Waals surface area contributed by atoms with Gasteiger partial charge in [0, 0.05) is 38.3 Å². The van der Waals surface area contributed by atoms with Crippen LogP contribution in [0.25, 0.3) is 0 Å². The fourth-order valence-electron chi connectivity index (χ4n) is 3.00. The summed E-state index contributed by atoms with van der Waals surface area (Å²) in [6, 6.07) is 13.2. The second-order valence-corrected chi connectivity index (χ2v) is 6.00. The highest BCUT2D eigenvalue weighted by Crippen LogP contribution is 2.18. The molecule has 1 aromatic carbocycles. The van der Waals surface area contributed by atoms with Gasteiger partial charge in [-0.3, -0.25) is 4.90 Å². The van der Waals surface area contributed by atoms with Gasteiger partial charge in [0.15, 0.2) is 0 Å². The average molecular weight is 311 g/mol. The molecule has 0 aliphatic carbocycles. The van der Waals surface area contributed by atoms with Crippen molar-refractivity contribution in [3.8, 4) is 0 Å². The van der Waals surface area contributed by atoms with Crippen LogP contribution in [-0.4, -0.2) is 40.5 Å². The number of rotatable bonds is 6. The highest BCUT2D eigenvalue weighted by molar-refractivity contribution is 5.46. The molecule has 0 amide bonds. The molecular formula is C18H25N5. The molecule has 1 aromatic heterocycles.